The Morgan fingerprint density at radius 1 is 1.36 bits per heavy atom. The molecule has 2 rings (SSSR count). The van der Waals surface area contributed by atoms with Crippen LogP contribution in [0.3, 0.4) is 0 Å². The predicted octanol–water partition coefficient (Wildman–Crippen LogP) is 2.57. The van der Waals surface area contributed by atoms with Crippen molar-refractivity contribution in [1.29, 1.82) is 0 Å². The number of amides is 1. The van der Waals surface area contributed by atoms with Gasteiger partial charge >= 0.3 is 5.97 Å². The second-order valence-corrected chi connectivity index (χ2v) is 7.02. The lowest BCUT2D eigenvalue weighted by Crippen LogP contribution is -2.42. The van der Waals surface area contributed by atoms with E-state index < -0.39 is 17.9 Å². The van der Waals surface area contributed by atoms with Crippen LogP contribution in [0.15, 0.2) is 35.5 Å². The molecule has 2 N–H and O–H groups in total. The number of aromatic nitrogens is 1. The van der Waals surface area contributed by atoms with Crippen LogP contribution in [0.2, 0.25) is 0 Å². The zero-order valence-electron chi connectivity index (χ0n) is 14.4. The summed E-state index contributed by atoms with van der Waals surface area (Å²) in [5.74, 6) is -1.56. The molecule has 1 aromatic heterocycles. The highest BCUT2D eigenvalue weighted by Gasteiger charge is 2.19. The number of pyridine rings is 1. The number of benzene rings is 1. The van der Waals surface area contributed by atoms with Crippen molar-refractivity contribution in [2.75, 3.05) is 5.75 Å². The summed E-state index contributed by atoms with van der Waals surface area (Å²) in [6.07, 6.45) is 3.47. The first kappa shape index (κ1) is 18.9. The predicted molar refractivity (Wildman–Crippen MR) is 102 cm³/mol. The van der Waals surface area contributed by atoms with Gasteiger partial charge in [0.05, 0.1) is 11.1 Å². The monoisotopic (exact) mass is 359 g/mol. The lowest BCUT2D eigenvalue weighted by molar-refractivity contribution is -0.138. The fourth-order valence-electron chi connectivity index (χ4n) is 2.06. The third-order valence-corrected chi connectivity index (χ3v) is 3.72. The lowest BCUT2D eigenvalue weighted by atomic mass is 10.1. The molecule has 0 saturated carbocycles. The number of aliphatic carboxylic acids is 1. The van der Waals surface area contributed by atoms with Crippen LogP contribution in [0.5, 0.6) is 0 Å². The highest BCUT2D eigenvalue weighted by Crippen LogP contribution is 2.16. The minimum atomic E-state index is -1.12. The molecule has 0 aliphatic heterocycles. The van der Waals surface area contributed by atoms with Gasteiger partial charge in [-0.2, -0.15) is 12.6 Å². The van der Waals surface area contributed by atoms with Crippen LogP contribution in [0, 0.1) is 0 Å². The Kier molecular flexibility index (Phi) is 5.79. The van der Waals surface area contributed by atoms with E-state index in [-0.39, 0.29) is 11.3 Å². The van der Waals surface area contributed by atoms with E-state index >= 15 is 0 Å². The molecule has 25 heavy (non-hydrogen) atoms. The van der Waals surface area contributed by atoms with Gasteiger partial charge in [-0.1, -0.05) is 0 Å². The first-order chi connectivity index (χ1) is 11.7. The van der Waals surface area contributed by atoms with Gasteiger partial charge in [0, 0.05) is 34.7 Å². The van der Waals surface area contributed by atoms with Gasteiger partial charge in [-0.25, -0.2) is 4.79 Å². The van der Waals surface area contributed by atoms with Crippen LogP contribution in [0.1, 0.15) is 36.7 Å². The van der Waals surface area contributed by atoms with Gasteiger partial charge in [0.25, 0.3) is 5.91 Å². The molecule has 2 aromatic rings. The molecule has 1 amide bonds. The fraction of sp³-hybridized carbons (Fsp3) is 0.333. The summed E-state index contributed by atoms with van der Waals surface area (Å²) in [5, 5.41) is 12.2. The Morgan fingerprint density at radius 2 is 2.08 bits per heavy atom. The normalized spacial score (nSPS) is 13.1. The van der Waals surface area contributed by atoms with Crippen molar-refractivity contribution >= 4 is 41.6 Å². The number of fused-ring (bicyclic) bond motifs is 1. The summed E-state index contributed by atoms with van der Waals surface area (Å²) < 4.78 is 0. The molecule has 1 aromatic carbocycles. The highest BCUT2D eigenvalue weighted by atomic mass is 32.1. The Bertz CT molecular complexity index is 828. The third-order valence-electron chi connectivity index (χ3n) is 3.35. The molecule has 1 atom stereocenters. The maximum Gasteiger partial charge on any atom is 0.327 e. The zero-order chi connectivity index (χ0) is 18.6. The molecule has 0 aliphatic rings. The van der Waals surface area contributed by atoms with Crippen molar-refractivity contribution in [2.24, 2.45) is 4.99 Å². The number of carbonyl (C=O) groups excluding carboxylic acids is 1. The maximum atomic E-state index is 12.2. The average molecular weight is 359 g/mol. The second-order valence-electron chi connectivity index (χ2n) is 6.65. The summed E-state index contributed by atoms with van der Waals surface area (Å²) in [6.45, 7) is 6.00. The number of rotatable bonds is 5. The van der Waals surface area contributed by atoms with Crippen LogP contribution in [-0.4, -0.2) is 45.5 Å². The van der Waals surface area contributed by atoms with Gasteiger partial charge in [0.15, 0.2) is 0 Å². The van der Waals surface area contributed by atoms with E-state index in [1.807, 2.05) is 26.8 Å². The van der Waals surface area contributed by atoms with E-state index in [9.17, 15) is 9.59 Å². The molecule has 0 radical (unpaired) electrons. The molecular formula is C18H21N3O3S. The molecule has 1 unspecified atom stereocenters. The molecule has 0 spiro atoms. The van der Waals surface area contributed by atoms with Crippen molar-refractivity contribution in [3.63, 3.8) is 0 Å². The maximum absolute atomic E-state index is 12.2. The number of carboxylic acid groups (broad SMARTS) is 1. The quantitative estimate of drug-likeness (QED) is 0.565. The number of carboxylic acids is 1. The van der Waals surface area contributed by atoms with Gasteiger partial charge in [0.1, 0.15) is 6.04 Å². The second kappa shape index (κ2) is 7.65. The fourth-order valence-corrected chi connectivity index (χ4v) is 2.30. The summed E-state index contributed by atoms with van der Waals surface area (Å²) in [5.41, 5.74) is 1.76. The minimum Gasteiger partial charge on any atom is -0.480 e. The van der Waals surface area contributed by atoms with Crippen LogP contribution >= 0.6 is 12.6 Å². The van der Waals surface area contributed by atoms with E-state index in [4.69, 9.17) is 5.11 Å². The molecule has 1 heterocycles. The summed E-state index contributed by atoms with van der Waals surface area (Å²) in [6, 6.07) is 5.89. The lowest BCUT2D eigenvalue weighted by Gasteiger charge is -2.12. The highest BCUT2D eigenvalue weighted by molar-refractivity contribution is 7.80. The minimum absolute atomic E-state index is 0.0175. The Morgan fingerprint density at radius 3 is 2.68 bits per heavy atom. The smallest absolute Gasteiger partial charge is 0.327 e. The standard InChI is InChI=1S/C18H21N3O3S/c1-18(2,3)20-9-11-6-13-7-12(4-5-14(13)19-8-11)16(22)21-15(10-25)17(23)24/h4-9,15,25H,10H2,1-3H3,(H,21,22)(H,23,24). The first-order valence-corrected chi connectivity index (χ1v) is 8.42. The van der Waals surface area contributed by atoms with E-state index in [1.54, 1.807) is 30.6 Å². The topological polar surface area (TPSA) is 91.7 Å². The molecule has 6 nitrogen and oxygen atoms in total. The van der Waals surface area contributed by atoms with Gasteiger partial charge in [-0.3, -0.25) is 14.8 Å². The SMILES string of the molecule is CC(C)(C)N=Cc1cnc2ccc(C(=O)NC(CS)C(=O)O)cc2c1. The van der Waals surface area contributed by atoms with Crippen molar-refractivity contribution in [3.05, 3.63) is 41.6 Å². The van der Waals surface area contributed by atoms with Crippen LogP contribution in [-0.2, 0) is 4.79 Å². The number of aliphatic imine (C=N–C) groups is 1. The van der Waals surface area contributed by atoms with Gasteiger partial charge < -0.3 is 10.4 Å². The third kappa shape index (κ3) is 5.29. The molecule has 0 bridgehead atoms. The number of thiol groups is 1. The van der Waals surface area contributed by atoms with Crippen LogP contribution < -0.4 is 5.32 Å². The van der Waals surface area contributed by atoms with Crippen LogP contribution in [0.4, 0.5) is 0 Å². The van der Waals surface area contributed by atoms with Crippen molar-refractivity contribution in [2.45, 2.75) is 32.4 Å². The molecule has 0 aliphatic carbocycles. The summed E-state index contributed by atoms with van der Waals surface area (Å²) in [7, 11) is 0. The van der Waals surface area contributed by atoms with Crippen molar-refractivity contribution in [3.8, 4) is 0 Å². The average Bonchev–Trinajstić information content (AvgIpc) is 2.55. The number of nitrogens with one attached hydrogen (secondary N) is 1. The number of hydrogen-bond acceptors (Lipinski definition) is 5. The van der Waals surface area contributed by atoms with Crippen molar-refractivity contribution in [1.82, 2.24) is 10.3 Å². The molecule has 0 fully saturated rings. The number of carbonyl (C=O) groups is 2. The van der Waals surface area contributed by atoms with Crippen LogP contribution in [0.25, 0.3) is 10.9 Å². The summed E-state index contributed by atoms with van der Waals surface area (Å²) >= 11 is 3.94. The number of nitrogens with zero attached hydrogens (tertiary/aromatic N) is 2. The summed E-state index contributed by atoms with van der Waals surface area (Å²) in [4.78, 5) is 32.1. The van der Waals surface area contributed by atoms with E-state index in [0.717, 1.165) is 16.5 Å². The van der Waals surface area contributed by atoms with E-state index in [2.05, 4.69) is 27.9 Å². The van der Waals surface area contributed by atoms with Gasteiger partial charge in [0.2, 0.25) is 0 Å². The molecule has 0 saturated heterocycles. The first-order valence-electron chi connectivity index (χ1n) is 7.79. The largest absolute Gasteiger partial charge is 0.480 e. The Labute approximate surface area is 151 Å². The van der Waals surface area contributed by atoms with E-state index in [1.165, 1.54) is 0 Å². The Hall–Kier alpha value is -2.41. The van der Waals surface area contributed by atoms with Gasteiger partial charge in [-0.05, 0) is 45.0 Å². The zero-order valence-corrected chi connectivity index (χ0v) is 15.2. The molecule has 7 heteroatoms. The molecular weight excluding hydrogens is 338 g/mol. The van der Waals surface area contributed by atoms with E-state index in [0.29, 0.717) is 5.56 Å². The molecule has 132 valence electrons. The van der Waals surface area contributed by atoms with Crippen molar-refractivity contribution < 1.29 is 14.7 Å². The Balaban J connectivity index is 2.29. The number of hydrogen-bond donors (Lipinski definition) is 3. The van der Waals surface area contributed by atoms with Gasteiger partial charge in [-0.15, -0.1) is 0 Å².